The minimum atomic E-state index is -0.221. The van der Waals surface area contributed by atoms with Gasteiger partial charge < -0.3 is 16.0 Å². The lowest BCUT2D eigenvalue weighted by Gasteiger charge is -2.15. The van der Waals surface area contributed by atoms with Crippen LogP contribution in [0.1, 0.15) is 43.5 Å². The Morgan fingerprint density at radius 1 is 1.39 bits per heavy atom. The zero-order valence-electron chi connectivity index (χ0n) is 13.3. The molecular formula is C16H23Cl2N3O2. The summed E-state index contributed by atoms with van der Waals surface area (Å²) in [7, 11) is 0. The number of carbonyl (C=O) groups is 2. The number of rotatable bonds is 5. The summed E-state index contributed by atoms with van der Waals surface area (Å²) >= 11 is 5.99. The first kappa shape index (κ1) is 19.7. The second-order valence-electron chi connectivity index (χ2n) is 5.86. The van der Waals surface area contributed by atoms with Crippen LogP contribution >= 0.6 is 24.0 Å². The molecule has 5 nitrogen and oxygen atoms in total. The molecule has 128 valence electrons. The Morgan fingerprint density at radius 3 is 2.74 bits per heavy atom. The van der Waals surface area contributed by atoms with Gasteiger partial charge >= 0.3 is 0 Å². The number of anilines is 1. The minimum Gasteiger partial charge on any atom is -0.350 e. The van der Waals surface area contributed by atoms with Crippen LogP contribution in [0, 0.1) is 0 Å². The molecule has 2 rings (SSSR count). The molecule has 1 atom stereocenters. The molecule has 1 aliphatic heterocycles. The lowest BCUT2D eigenvalue weighted by molar-refractivity contribution is -0.116. The fraction of sp³-hybridized carbons (Fsp3) is 0.500. The molecule has 1 fully saturated rings. The van der Waals surface area contributed by atoms with Gasteiger partial charge in [-0.15, -0.1) is 12.4 Å². The number of halogens is 2. The Morgan fingerprint density at radius 2 is 2.13 bits per heavy atom. The lowest BCUT2D eigenvalue weighted by Crippen LogP contribution is -2.31. The van der Waals surface area contributed by atoms with E-state index in [1.165, 1.54) is 0 Å². The first-order valence-corrected chi connectivity index (χ1v) is 7.97. The molecule has 1 aromatic rings. The highest BCUT2D eigenvalue weighted by Gasteiger charge is 2.19. The molecule has 7 heteroatoms. The fourth-order valence-corrected chi connectivity index (χ4v) is 2.69. The summed E-state index contributed by atoms with van der Waals surface area (Å²) in [5, 5.41) is 9.39. The van der Waals surface area contributed by atoms with Crippen molar-refractivity contribution in [3.8, 4) is 0 Å². The summed E-state index contributed by atoms with van der Waals surface area (Å²) < 4.78 is 0. The Labute approximate surface area is 148 Å². The van der Waals surface area contributed by atoms with Crippen molar-refractivity contribution in [2.24, 2.45) is 0 Å². The van der Waals surface area contributed by atoms with Crippen LogP contribution in [0.25, 0.3) is 0 Å². The van der Waals surface area contributed by atoms with Crippen LogP contribution in [0.5, 0.6) is 0 Å². The van der Waals surface area contributed by atoms with E-state index in [-0.39, 0.29) is 36.3 Å². The first-order chi connectivity index (χ1) is 10.5. The standard InChI is InChI=1S/C16H22ClN3O2.ClH/c1-10(2)19-16(22)13-6-5-11(17)8-14(13)20-15(21)9-12-4-3-7-18-12;/h5-6,8,10,12,18H,3-4,7,9H2,1-2H3,(H,19,22)(H,20,21);1H. The summed E-state index contributed by atoms with van der Waals surface area (Å²) in [6.45, 7) is 4.73. The molecule has 0 aliphatic carbocycles. The maximum atomic E-state index is 12.2. The van der Waals surface area contributed by atoms with Gasteiger partial charge in [-0.3, -0.25) is 9.59 Å². The highest BCUT2D eigenvalue weighted by atomic mass is 35.5. The molecule has 23 heavy (non-hydrogen) atoms. The van der Waals surface area contributed by atoms with Gasteiger partial charge in [-0.05, 0) is 51.4 Å². The van der Waals surface area contributed by atoms with Crippen molar-refractivity contribution in [2.45, 2.75) is 45.2 Å². The molecular weight excluding hydrogens is 337 g/mol. The smallest absolute Gasteiger partial charge is 0.253 e. The SMILES string of the molecule is CC(C)NC(=O)c1ccc(Cl)cc1NC(=O)CC1CCCN1.Cl. The predicted molar refractivity (Wildman–Crippen MR) is 95.6 cm³/mol. The molecule has 0 radical (unpaired) electrons. The predicted octanol–water partition coefficient (Wildman–Crippen LogP) is 2.98. The second-order valence-corrected chi connectivity index (χ2v) is 6.30. The normalized spacial score (nSPS) is 16.8. The molecule has 1 aromatic carbocycles. The Balaban J connectivity index is 0.00000264. The maximum absolute atomic E-state index is 12.2. The Bertz CT molecular complexity index is 558. The monoisotopic (exact) mass is 359 g/mol. The van der Waals surface area contributed by atoms with E-state index in [9.17, 15) is 9.59 Å². The topological polar surface area (TPSA) is 70.2 Å². The molecule has 1 saturated heterocycles. The number of benzene rings is 1. The van der Waals surface area contributed by atoms with E-state index in [1.807, 2.05) is 13.8 Å². The van der Waals surface area contributed by atoms with Crippen molar-refractivity contribution >= 4 is 41.5 Å². The van der Waals surface area contributed by atoms with Crippen molar-refractivity contribution in [1.82, 2.24) is 10.6 Å². The van der Waals surface area contributed by atoms with Crippen molar-refractivity contribution in [2.75, 3.05) is 11.9 Å². The van der Waals surface area contributed by atoms with Gasteiger partial charge in [0.1, 0.15) is 0 Å². The van der Waals surface area contributed by atoms with E-state index in [2.05, 4.69) is 16.0 Å². The minimum absolute atomic E-state index is 0. The number of amides is 2. The highest BCUT2D eigenvalue weighted by Crippen LogP contribution is 2.22. The summed E-state index contributed by atoms with van der Waals surface area (Å²) in [5.74, 6) is -0.332. The third-order valence-corrected chi connectivity index (χ3v) is 3.75. The summed E-state index contributed by atoms with van der Waals surface area (Å²) in [6, 6.07) is 5.12. The third kappa shape index (κ3) is 6.01. The maximum Gasteiger partial charge on any atom is 0.253 e. The number of carbonyl (C=O) groups excluding carboxylic acids is 2. The largest absolute Gasteiger partial charge is 0.350 e. The van der Waals surface area contributed by atoms with Crippen LogP contribution in [0.2, 0.25) is 5.02 Å². The average Bonchev–Trinajstić information content (AvgIpc) is 2.90. The number of hydrogen-bond donors (Lipinski definition) is 3. The first-order valence-electron chi connectivity index (χ1n) is 7.59. The average molecular weight is 360 g/mol. The lowest BCUT2D eigenvalue weighted by atomic mass is 10.1. The van der Waals surface area contributed by atoms with Gasteiger partial charge in [-0.25, -0.2) is 0 Å². The van der Waals surface area contributed by atoms with Gasteiger partial charge in [-0.2, -0.15) is 0 Å². The molecule has 1 heterocycles. The molecule has 3 N–H and O–H groups in total. The molecule has 2 amide bonds. The van der Waals surface area contributed by atoms with E-state index in [0.717, 1.165) is 19.4 Å². The summed E-state index contributed by atoms with van der Waals surface area (Å²) in [6.07, 6.45) is 2.50. The zero-order chi connectivity index (χ0) is 16.1. The van der Waals surface area contributed by atoms with Crippen LogP contribution in [0.15, 0.2) is 18.2 Å². The van der Waals surface area contributed by atoms with Crippen LogP contribution in [-0.2, 0) is 4.79 Å². The van der Waals surface area contributed by atoms with E-state index >= 15 is 0 Å². The molecule has 0 saturated carbocycles. The third-order valence-electron chi connectivity index (χ3n) is 3.51. The second kappa shape index (κ2) is 9.11. The Kier molecular flexibility index (Phi) is 7.82. The van der Waals surface area contributed by atoms with Crippen molar-refractivity contribution in [3.05, 3.63) is 28.8 Å². The van der Waals surface area contributed by atoms with Crippen molar-refractivity contribution in [3.63, 3.8) is 0 Å². The molecule has 0 spiro atoms. The van der Waals surface area contributed by atoms with Crippen LogP contribution in [0.4, 0.5) is 5.69 Å². The Hall–Kier alpha value is -1.30. The van der Waals surface area contributed by atoms with Crippen molar-refractivity contribution in [1.29, 1.82) is 0 Å². The van der Waals surface area contributed by atoms with E-state index in [1.54, 1.807) is 18.2 Å². The van der Waals surface area contributed by atoms with Crippen molar-refractivity contribution < 1.29 is 9.59 Å². The fourth-order valence-electron chi connectivity index (χ4n) is 2.51. The van der Waals surface area contributed by atoms with E-state index in [4.69, 9.17) is 11.6 Å². The van der Waals surface area contributed by atoms with Gasteiger partial charge in [0.25, 0.3) is 5.91 Å². The van der Waals surface area contributed by atoms with Gasteiger partial charge in [-0.1, -0.05) is 11.6 Å². The summed E-state index contributed by atoms with van der Waals surface area (Å²) in [5.41, 5.74) is 0.875. The van der Waals surface area contributed by atoms with Crippen LogP contribution in [-0.4, -0.2) is 30.4 Å². The highest BCUT2D eigenvalue weighted by molar-refractivity contribution is 6.31. The van der Waals surface area contributed by atoms with Gasteiger partial charge in [0.15, 0.2) is 0 Å². The van der Waals surface area contributed by atoms with Crippen LogP contribution < -0.4 is 16.0 Å². The van der Waals surface area contributed by atoms with E-state index < -0.39 is 0 Å². The van der Waals surface area contributed by atoms with Gasteiger partial charge in [0.2, 0.25) is 5.91 Å². The van der Waals surface area contributed by atoms with Gasteiger partial charge in [0, 0.05) is 23.5 Å². The molecule has 0 bridgehead atoms. The summed E-state index contributed by atoms with van der Waals surface area (Å²) in [4.78, 5) is 24.3. The number of nitrogens with one attached hydrogen (secondary N) is 3. The van der Waals surface area contributed by atoms with E-state index in [0.29, 0.717) is 22.7 Å². The van der Waals surface area contributed by atoms with Crippen LogP contribution in [0.3, 0.4) is 0 Å². The molecule has 1 unspecified atom stereocenters. The molecule has 0 aromatic heterocycles. The quantitative estimate of drug-likeness (QED) is 0.756. The van der Waals surface area contributed by atoms with Gasteiger partial charge in [0.05, 0.1) is 11.3 Å². The zero-order valence-corrected chi connectivity index (χ0v) is 14.9. The number of hydrogen-bond acceptors (Lipinski definition) is 3. The molecule has 1 aliphatic rings.